The molecule has 2 rings (SSSR count). The molecule has 1 aromatic rings. The summed E-state index contributed by atoms with van der Waals surface area (Å²) in [5.74, 6) is 0.512. The van der Waals surface area contributed by atoms with Crippen molar-refractivity contribution in [3.63, 3.8) is 0 Å². The number of likely N-dealkylation sites (tertiary alicyclic amines) is 1. The van der Waals surface area contributed by atoms with E-state index in [1.54, 1.807) is 17.0 Å². The molecule has 0 unspecified atom stereocenters. The fourth-order valence-corrected chi connectivity index (χ4v) is 2.62. The number of nitrogens with two attached hydrogens (primary N) is 1. The van der Waals surface area contributed by atoms with Crippen molar-refractivity contribution in [1.29, 1.82) is 0 Å². The van der Waals surface area contributed by atoms with Gasteiger partial charge in [0.05, 0.1) is 0 Å². The van der Waals surface area contributed by atoms with Crippen LogP contribution in [-0.2, 0) is 4.74 Å². The predicted octanol–water partition coefficient (Wildman–Crippen LogP) is 3.09. The first-order valence-electron chi connectivity index (χ1n) is 7.32. The summed E-state index contributed by atoms with van der Waals surface area (Å²) in [6.07, 6.45) is 1.45. The molecule has 21 heavy (non-hydrogen) atoms. The maximum Gasteiger partial charge on any atom is 0.410 e. The van der Waals surface area contributed by atoms with Gasteiger partial charge in [0, 0.05) is 24.8 Å². The van der Waals surface area contributed by atoms with Crippen LogP contribution in [0.1, 0.15) is 45.1 Å². The Morgan fingerprint density at radius 1 is 1.29 bits per heavy atom. The zero-order valence-electron chi connectivity index (χ0n) is 12.9. The molecule has 0 saturated carbocycles. The summed E-state index contributed by atoms with van der Waals surface area (Å²) in [6.45, 7) is 6.93. The number of hydrogen-bond donors (Lipinski definition) is 2. The molecule has 1 amide bonds. The van der Waals surface area contributed by atoms with Gasteiger partial charge in [-0.1, -0.05) is 0 Å². The third kappa shape index (κ3) is 4.28. The summed E-state index contributed by atoms with van der Waals surface area (Å²) in [5, 5.41) is 9.63. The van der Waals surface area contributed by atoms with Crippen molar-refractivity contribution in [2.24, 2.45) is 0 Å². The minimum atomic E-state index is -0.465. The number of nitrogen functional groups attached to an aromatic ring is 1. The first-order valence-corrected chi connectivity index (χ1v) is 7.32. The van der Waals surface area contributed by atoms with Crippen LogP contribution in [0.25, 0.3) is 0 Å². The second kappa shape index (κ2) is 5.84. The van der Waals surface area contributed by atoms with Crippen LogP contribution in [0.3, 0.4) is 0 Å². The third-order valence-corrected chi connectivity index (χ3v) is 3.58. The number of ether oxygens (including phenoxy) is 1. The second-order valence-corrected chi connectivity index (χ2v) is 6.60. The highest BCUT2D eigenvalue weighted by atomic mass is 16.6. The van der Waals surface area contributed by atoms with Crippen molar-refractivity contribution in [2.75, 3.05) is 18.8 Å². The topological polar surface area (TPSA) is 75.8 Å². The molecule has 0 bridgehead atoms. The summed E-state index contributed by atoms with van der Waals surface area (Å²) < 4.78 is 5.38. The van der Waals surface area contributed by atoms with Crippen molar-refractivity contribution < 1.29 is 14.6 Å². The van der Waals surface area contributed by atoms with Gasteiger partial charge >= 0.3 is 6.09 Å². The van der Waals surface area contributed by atoms with E-state index < -0.39 is 5.60 Å². The minimum Gasteiger partial charge on any atom is -0.508 e. The minimum absolute atomic E-state index is 0.194. The van der Waals surface area contributed by atoms with Gasteiger partial charge in [-0.2, -0.15) is 0 Å². The van der Waals surface area contributed by atoms with E-state index in [9.17, 15) is 9.90 Å². The molecule has 0 radical (unpaired) electrons. The van der Waals surface area contributed by atoms with Crippen LogP contribution in [0.2, 0.25) is 0 Å². The smallest absolute Gasteiger partial charge is 0.410 e. The number of amides is 1. The van der Waals surface area contributed by atoms with Gasteiger partial charge < -0.3 is 20.5 Å². The Kier molecular flexibility index (Phi) is 4.30. The van der Waals surface area contributed by atoms with Gasteiger partial charge in [-0.25, -0.2) is 4.79 Å². The number of carbonyl (C=O) groups is 1. The molecule has 1 aromatic carbocycles. The van der Waals surface area contributed by atoms with E-state index in [-0.39, 0.29) is 11.8 Å². The molecule has 0 atom stereocenters. The van der Waals surface area contributed by atoms with E-state index in [1.807, 2.05) is 26.8 Å². The number of phenols is 1. The Labute approximate surface area is 125 Å². The number of aromatic hydroxyl groups is 1. The number of carbonyl (C=O) groups excluding carboxylic acids is 1. The van der Waals surface area contributed by atoms with E-state index in [0.29, 0.717) is 24.7 Å². The standard InChI is InChI=1S/C16H24N2O3/c1-16(2,3)21-15(20)18-6-4-11(5-7-18)12-8-13(17)10-14(19)9-12/h8-11,19H,4-7,17H2,1-3H3. The first kappa shape index (κ1) is 15.5. The maximum absolute atomic E-state index is 12.0. The number of nitrogens with zero attached hydrogens (tertiary/aromatic N) is 1. The molecule has 1 aliphatic heterocycles. The monoisotopic (exact) mass is 292 g/mol. The number of phenolic OH excluding ortho intramolecular Hbond substituents is 1. The highest BCUT2D eigenvalue weighted by molar-refractivity contribution is 5.68. The Hall–Kier alpha value is -1.91. The lowest BCUT2D eigenvalue weighted by atomic mass is 9.89. The first-order chi connectivity index (χ1) is 9.74. The number of rotatable bonds is 1. The Morgan fingerprint density at radius 2 is 1.90 bits per heavy atom. The van der Waals surface area contributed by atoms with Crippen LogP contribution in [0.4, 0.5) is 10.5 Å². The van der Waals surface area contributed by atoms with Crippen LogP contribution in [0.5, 0.6) is 5.75 Å². The molecule has 3 N–H and O–H groups in total. The summed E-state index contributed by atoms with van der Waals surface area (Å²) in [7, 11) is 0. The van der Waals surface area contributed by atoms with Crippen LogP contribution in [0, 0.1) is 0 Å². The molecule has 1 aliphatic rings. The van der Waals surface area contributed by atoms with Gasteiger partial charge in [0.2, 0.25) is 0 Å². The number of hydrogen-bond acceptors (Lipinski definition) is 4. The highest BCUT2D eigenvalue weighted by Gasteiger charge is 2.27. The summed E-state index contributed by atoms with van der Waals surface area (Å²) in [4.78, 5) is 13.8. The van der Waals surface area contributed by atoms with Crippen molar-refractivity contribution in [3.8, 4) is 5.75 Å². The number of anilines is 1. The molecule has 0 spiro atoms. The molecule has 0 aliphatic carbocycles. The fraction of sp³-hybridized carbons (Fsp3) is 0.562. The Morgan fingerprint density at radius 3 is 2.43 bits per heavy atom. The van der Waals surface area contributed by atoms with Crippen LogP contribution < -0.4 is 5.73 Å². The molecule has 0 aromatic heterocycles. The van der Waals surface area contributed by atoms with E-state index in [4.69, 9.17) is 10.5 Å². The van der Waals surface area contributed by atoms with Gasteiger partial charge in [0.1, 0.15) is 11.4 Å². The summed E-state index contributed by atoms with van der Waals surface area (Å²) in [6, 6.07) is 5.19. The number of piperidine rings is 1. The Balaban J connectivity index is 1.95. The summed E-state index contributed by atoms with van der Waals surface area (Å²) >= 11 is 0. The number of benzene rings is 1. The lowest BCUT2D eigenvalue weighted by molar-refractivity contribution is 0.0205. The SMILES string of the molecule is CC(C)(C)OC(=O)N1CCC(c2cc(N)cc(O)c2)CC1. The zero-order chi connectivity index (χ0) is 15.6. The third-order valence-electron chi connectivity index (χ3n) is 3.58. The van der Waals surface area contributed by atoms with Gasteiger partial charge in [-0.3, -0.25) is 0 Å². The normalized spacial score (nSPS) is 16.8. The van der Waals surface area contributed by atoms with Gasteiger partial charge in [0.25, 0.3) is 0 Å². The van der Waals surface area contributed by atoms with Gasteiger partial charge in [-0.15, -0.1) is 0 Å². The molecule has 5 heteroatoms. The lowest BCUT2D eigenvalue weighted by Gasteiger charge is -2.33. The second-order valence-electron chi connectivity index (χ2n) is 6.60. The zero-order valence-corrected chi connectivity index (χ0v) is 12.9. The predicted molar refractivity (Wildman–Crippen MR) is 82.3 cm³/mol. The van der Waals surface area contributed by atoms with E-state index in [2.05, 4.69) is 0 Å². The molecule has 1 heterocycles. The highest BCUT2D eigenvalue weighted by Crippen LogP contribution is 2.32. The molecular formula is C16H24N2O3. The average molecular weight is 292 g/mol. The quantitative estimate of drug-likeness (QED) is 0.780. The largest absolute Gasteiger partial charge is 0.508 e. The molecular weight excluding hydrogens is 268 g/mol. The average Bonchev–Trinajstić information content (AvgIpc) is 2.35. The van der Waals surface area contributed by atoms with Crippen LogP contribution in [0.15, 0.2) is 18.2 Å². The van der Waals surface area contributed by atoms with E-state index in [1.165, 1.54) is 0 Å². The van der Waals surface area contributed by atoms with Crippen LogP contribution in [-0.4, -0.2) is 34.8 Å². The van der Waals surface area contributed by atoms with E-state index >= 15 is 0 Å². The fourth-order valence-electron chi connectivity index (χ4n) is 2.62. The molecule has 1 fully saturated rings. The van der Waals surface area contributed by atoms with Crippen molar-refractivity contribution in [2.45, 2.75) is 45.1 Å². The van der Waals surface area contributed by atoms with Crippen molar-refractivity contribution >= 4 is 11.8 Å². The maximum atomic E-state index is 12.0. The summed E-state index contributed by atoms with van der Waals surface area (Å²) in [5.41, 5.74) is 6.91. The van der Waals surface area contributed by atoms with Gasteiger partial charge in [-0.05, 0) is 57.2 Å². The van der Waals surface area contributed by atoms with Crippen LogP contribution >= 0.6 is 0 Å². The molecule has 1 saturated heterocycles. The van der Waals surface area contributed by atoms with Gasteiger partial charge in [0.15, 0.2) is 0 Å². The Bertz CT molecular complexity index is 494. The van der Waals surface area contributed by atoms with E-state index in [0.717, 1.165) is 18.4 Å². The van der Waals surface area contributed by atoms with Crippen molar-refractivity contribution in [1.82, 2.24) is 4.90 Å². The molecule has 116 valence electrons. The molecule has 5 nitrogen and oxygen atoms in total. The van der Waals surface area contributed by atoms with Crippen molar-refractivity contribution in [3.05, 3.63) is 23.8 Å². The lowest BCUT2D eigenvalue weighted by Crippen LogP contribution is -2.41.